The molecule has 1 atom stereocenters. The quantitative estimate of drug-likeness (QED) is 0.151. The predicted molar refractivity (Wildman–Crippen MR) is 178 cm³/mol. The minimum Gasteiger partial charge on any atom is -0.322 e. The van der Waals surface area contributed by atoms with Crippen molar-refractivity contribution >= 4 is 54.2 Å². The van der Waals surface area contributed by atoms with E-state index in [0.717, 1.165) is 5.56 Å². The fourth-order valence-electron chi connectivity index (χ4n) is 5.57. The van der Waals surface area contributed by atoms with Crippen LogP contribution < -0.4 is 15.5 Å². The first-order chi connectivity index (χ1) is 21.8. The van der Waals surface area contributed by atoms with Crippen molar-refractivity contribution in [3.05, 3.63) is 123 Å². The molecule has 0 saturated heterocycles. The molecular formula is C34H33ClN3O7P. The molecule has 1 aliphatic rings. The zero-order valence-corrected chi connectivity index (χ0v) is 27.1. The zero-order valence-electron chi connectivity index (χ0n) is 25.4. The summed E-state index contributed by atoms with van der Waals surface area (Å²) in [4.78, 5) is 60.2. The van der Waals surface area contributed by atoms with Crippen LogP contribution in [0.3, 0.4) is 0 Å². The maximum atomic E-state index is 13.8. The second-order valence-corrected chi connectivity index (χ2v) is 12.8. The Balaban J connectivity index is 1.31. The van der Waals surface area contributed by atoms with Crippen LogP contribution in [-0.2, 0) is 9.09 Å². The first-order valence-corrected chi connectivity index (χ1v) is 16.5. The lowest BCUT2D eigenvalue weighted by Gasteiger charge is -2.25. The molecule has 10 nitrogen and oxygen atoms in total. The molecule has 1 heterocycles. The molecule has 0 fully saturated rings. The van der Waals surface area contributed by atoms with Gasteiger partial charge in [0.2, 0.25) is 0 Å². The number of rotatable bonds is 7. The summed E-state index contributed by atoms with van der Waals surface area (Å²) < 4.78 is 16.7. The number of hydrogen-bond donors (Lipinski definition) is 4. The Labute approximate surface area is 271 Å². The molecule has 1 aliphatic heterocycles. The largest absolute Gasteiger partial charge is 0.470 e. The Kier molecular flexibility index (Phi) is 9.76. The number of nitrogens with zero attached hydrogens (tertiary/aromatic N) is 1. The van der Waals surface area contributed by atoms with Crippen molar-refractivity contribution in [1.29, 1.82) is 0 Å². The highest BCUT2D eigenvalue weighted by Gasteiger charge is 2.32. The maximum Gasteiger partial charge on any atom is 0.470 e. The van der Waals surface area contributed by atoms with E-state index in [4.69, 9.17) is 16.1 Å². The molecule has 238 valence electrons. The average molecular weight is 662 g/mol. The van der Waals surface area contributed by atoms with Gasteiger partial charge in [-0.3, -0.25) is 18.9 Å². The topological polar surface area (TPSA) is 145 Å². The van der Waals surface area contributed by atoms with E-state index in [1.54, 1.807) is 85.5 Å². The van der Waals surface area contributed by atoms with Gasteiger partial charge in [-0.2, -0.15) is 0 Å². The highest BCUT2D eigenvalue weighted by atomic mass is 35.5. The number of benzene rings is 4. The van der Waals surface area contributed by atoms with Crippen LogP contribution in [0, 0.1) is 20.8 Å². The van der Waals surface area contributed by atoms with Gasteiger partial charge in [0.25, 0.3) is 17.7 Å². The number of anilines is 3. The van der Waals surface area contributed by atoms with Gasteiger partial charge in [0.15, 0.2) is 0 Å². The number of phosphoric ester groups is 1. The van der Waals surface area contributed by atoms with Crippen LogP contribution in [-0.4, -0.2) is 34.1 Å². The lowest BCUT2D eigenvalue weighted by molar-refractivity contribution is 0.0983. The van der Waals surface area contributed by atoms with E-state index in [1.807, 2.05) is 19.1 Å². The van der Waals surface area contributed by atoms with E-state index in [9.17, 15) is 28.7 Å². The number of hydrogen-bond acceptors (Lipinski definition) is 5. The minimum atomic E-state index is -4.80. The summed E-state index contributed by atoms with van der Waals surface area (Å²) in [5.41, 5.74) is 5.49. The van der Waals surface area contributed by atoms with Crippen LogP contribution in [0.5, 0.6) is 0 Å². The fourth-order valence-corrected chi connectivity index (χ4v) is 6.30. The van der Waals surface area contributed by atoms with Gasteiger partial charge in [-0.15, -0.1) is 0 Å². The first kappa shape index (κ1) is 33.1. The fraction of sp³-hybridized carbons (Fsp3) is 0.206. The first-order valence-electron chi connectivity index (χ1n) is 14.6. The lowest BCUT2D eigenvalue weighted by Crippen LogP contribution is -2.32. The molecule has 0 aliphatic carbocycles. The number of nitrogens with one attached hydrogen (secondary N) is 2. The maximum absolute atomic E-state index is 13.8. The molecule has 4 aromatic rings. The van der Waals surface area contributed by atoms with Gasteiger partial charge in [-0.1, -0.05) is 29.8 Å². The van der Waals surface area contributed by atoms with Gasteiger partial charge in [-0.05, 0) is 111 Å². The number of amides is 3. The van der Waals surface area contributed by atoms with E-state index in [2.05, 4.69) is 10.6 Å². The molecule has 5 rings (SSSR count). The Hall–Kier alpha value is -4.31. The Morgan fingerprint density at radius 2 is 1.39 bits per heavy atom. The third-order valence-electron chi connectivity index (χ3n) is 7.82. The van der Waals surface area contributed by atoms with Crippen LogP contribution in [0.25, 0.3) is 0 Å². The number of halogens is 1. The van der Waals surface area contributed by atoms with Gasteiger partial charge in [0, 0.05) is 50.9 Å². The van der Waals surface area contributed by atoms with Gasteiger partial charge >= 0.3 is 7.82 Å². The molecule has 46 heavy (non-hydrogen) atoms. The zero-order chi connectivity index (χ0) is 33.2. The molecule has 12 heteroatoms. The molecule has 3 amide bonds. The van der Waals surface area contributed by atoms with Crippen LogP contribution in [0.15, 0.2) is 78.9 Å². The van der Waals surface area contributed by atoms with E-state index in [-0.39, 0.29) is 24.1 Å². The summed E-state index contributed by atoms with van der Waals surface area (Å²) in [5, 5.41) is 6.11. The number of phosphoric acid groups is 1. The van der Waals surface area contributed by atoms with Gasteiger partial charge in [0.05, 0.1) is 6.10 Å². The van der Waals surface area contributed by atoms with E-state index in [0.29, 0.717) is 68.4 Å². The van der Waals surface area contributed by atoms with Crippen LogP contribution in [0.4, 0.5) is 17.1 Å². The number of aryl methyl sites for hydroxylation is 3. The number of carbonyl (C=O) groups excluding carboxylic acids is 3. The van der Waals surface area contributed by atoms with Crippen LogP contribution in [0.1, 0.15) is 72.3 Å². The molecule has 0 spiro atoms. The third-order valence-corrected chi connectivity index (χ3v) is 8.58. The van der Waals surface area contributed by atoms with Gasteiger partial charge < -0.3 is 25.3 Å². The Morgan fingerprint density at radius 3 is 1.98 bits per heavy atom. The molecule has 0 radical (unpaired) electrons. The molecule has 0 saturated carbocycles. The molecule has 0 aromatic heterocycles. The Bertz CT molecular complexity index is 1890. The summed E-state index contributed by atoms with van der Waals surface area (Å²) in [5.74, 6) is -0.890. The summed E-state index contributed by atoms with van der Waals surface area (Å²) in [6.45, 7) is 5.71. The smallest absolute Gasteiger partial charge is 0.322 e. The summed E-state index contributed by atoms with van der Waals surface area (Å²) in [6, 6.07) is 22.1. The third kappa shape index (κ3) is 7.55. The summed E-state index contributed by atoms with van der Waals surface area (Å²) >= 11 is 6.20. The molecular weight excluding hydrogens is 629 g/mol. The van der Waals surface area contributed by atoms with Gasteiger partial charge in [-0.25, -0.2) is 4.57 Å². The number of fused-ring (bicyclic) bond motifs is 1. The summed E-state index contributed by atoms with van der Waals surface area (Å²) in [7, 11) is -4.80. The standard InChI is InChI=1S/C34H33ClN3O7P/c1-20-7-4-5-8-26(20)32(39)36-24-11-13-27(21(2)17-24)33(40)37-25-12-14-28(22(3)18-25)34(41)38-16-6-9-31(45-46(42,43)44)29-19-23(35)10-15-30(29)38/h4-5,7-8,10-15,17-19,31H,6,9,16H2,1-3H3,(H,36,39)(H,37,40)(H2,42,43,44). The normalized spacial score (nSPS) is 14.7. The van der Waals surface area contributed by atoms with Crippen molar-refractivity contribution in [3.8, 4) is 0 Å². The van der Waals surface area contributed by atoms with Crippen LogP contribution >= 0.6 is 19.4 Å². The Morgan fingerprint density at radius 1 is 0.804 bits per heavy atom. The molecule has 0 bridgehead atoms. The van der Waals surface area contributed by atoms with Crippen molar-refractivity contribution in [2.45, 2.75) is 39.7 Å². The minimum absolute atomic E-state index is 0.235. The van der Waals surface area contributed by atoms with Crippen molar-refractivity contribution in [3.63, 3.8) is 0 Å². The lowest BCUT2D eigenvalue weighted by atomic mass is 10.0. The van der Waals surface area contributed by atoms with Crippen molar-refractivity contribution in [2.24, 2.45) is 0 Å². The van der Waals surface area contributed by atoms with E-state index < -0.39 is 13.9 Å². The van der Waals surface area contributed by atoms with Crippen molar-refractivity contribution in [1.82, 2.24) is 0 Å². The summed E-state index contributed by atoms with van der Waals surface area (Å²) in [6.07, 6.45) is -0.220. The van der Waals surface area contributed by atoms with Crippen molar-refractivity contribution in [2.75, 3.05) is 22.1 Å². The van der Waals surface area contributed by atoms with Crippen LogP contribution in [0.2, 0.25) is 5.02 Å². The highest BCUT2D eigenvalue weighted by molar-refractivity contribution is 7.46. The average Bonchev–Trinajstić information content (AvgIpc) is 3.15. The molecule has 4 aromatic carbocycles. The second-order valence-electron chi connectivity index (χ2n) is 11.2. The SMILES string of the molecule is Cc1ccccc1C(=O)Nc1ccc(C(=O)Nc2ccc(C(=O)N3CCCC(OP(=O)(O)O)c4cc(Cl)ccc43)c(C)c2)c(C)c1. The van der Waals surface area contributed by atoms with E-state index in [1.165, 1.54) is 0 Å². The second kappa shape index (κ2) is 13.6. The van der Waals surface area contributed by atoms with E-state index >= 15 is 0 Å². The van der Waals surface area contributed by atoms with Crippen molar-refractivity contribution < 1.29 is 33.3 Å². The predicted octanol–water partition coefficient (Wildman–Crippen LogP) is 7.36. The number of carbonyl (C=O) groups is 3. The molecule has 4 N–H and O–H groups in total. The highest BCUT2D eigenvalue weighted by Crippen LogP contribution is 2.47. The van der Waals surface area contributed by atoms with Gasteiger partial charge in [0.1, 0.15) is 0 Å². The monoisotopic (exact) mass is 661 g/mol. The molecule has 1 unspecified atom stereocenters.